The molecule has 1 heterocycles. The Morgan fingerprint density at radius 3 is 2.55 bits per heavy atom. The molecule has 33 heavy (non-hydrogen) atoms. The summed E-state index contributed by atoms with van der Waals surface area (Å²) < 4.78 is 32.5. The summed E-state index contributed by atoms with van der Waals surface area (Å²) in [7, 11) is 0. The summed E-state index contributed by atoms with van der Waals surface area (Å²) in [4.78, 5) is 0. The lowest BCUT2D eigenvalue weighted by molar-refractivity contribution is -0.161. The zero-order chi connectivity index (χ0) is 23.3. The van der Waals surface area contributed by atoms with E-state index in [0.29, 0.717) is 19.8 Å². The van der Waals surface area contributed by atoms with Crippen LogP contribution in [0.15, 0.2) is 85.5 Å². The summed E-state index contributed by atoms with van der Waals surface area (Å²) in [6.07, 6.45) is 1.07. The predicted molar refractivity (Wildman–Crippen MR) is 129 cm³/mol. The second kappa shape index (κ2) is 10.2. The highest BCUT2D eigenvalue weighted by atomic mass is 19.1. The third kappa shape index (κ3) is 5.62. The van der Waals surface area contributed by atoms with Gasteiger partial charge >= 0.3 is 0 Å². The number of nitrogens with one attached hydrogen (secondary N) is 1. The Balaban J connectivity index is 1.60. The van der Waals surface area contributed by atoms with Crippen LogP contribution in [-0.2, 0) is 22.6 Å². The minimum absolute atomic E-state index is 0.244. The Morgan fingerprint density at radius 1 is 1.00 bits per heavy atom. The van der Waals surface area contributed by atoms with Crippen LogP contribution in [0.2, 0.25) is 0 Å². The quantitative estimate of drug-likeness (QED) is 0.383. The highest BCUT2D eigenvalue weighted by molar-refractivity contribution is 5.54. The van der Waals surface area contributed by atoms with Crippen molar-refractivity contribution >= 4 is 5.69 Å². The fourth-order valence-electron chi connectivity index (χ4n) is 4.09. The molecule has 1 aliphatic rings. The van der Waals surface area contributed by atoms with E-state index in [1.165, 1.54) is 12.1 Å². The topological polar surface area (TPSA) is 39.7 Å². The molecule has 1 N–H and O–H groups in total. The molecule has 0 fully saturated rings. The molecule has 5 heteroatoms. The highest BCUT2D eigenvalue weighted by Gasteiger charge is 2.45. The van der Waals surface area contributed by atoms with E-state index in [4.69, 9.17) is 14.2 Å². The van der Waals surface area contributed by atoms with Crippen molar-refractivity contribution in [2.75, 3.05) is 11.9 Å². The molecule has 4 nitrogen and oxygen atoms in total. The number of benzene rings is 3. The van der Waals surface area contributed by atoms with Gasteiger partial charge in [0.1, 0.15) is 29.4 Å². The number of anilines is 1. The molecule has 0 amide bonds. The van der Waals surface area contributed by atoms with Crippen LogP contribution < -0.4 is 10.1 Å². The molecule has 0 saturated carbocycles. The number of hydrogen-bond acceptors (Lipinski definition) is 4. The normalized spacial score (nSPS) is 18.8. The molecule has 0 spiro atoms. The van der Waals surface area contributed by atoms with Gasteiger partial charge in [0.05, 0.1) is 13.2 Å². The van der Waals surface area contributed by atoms with Gasteiger partial charge in [0.2, 0.25) is 0 Å². The lowest BCUT2D eigenvalue weighted by atomic mass is 9.87. The Kier molecular flexibility index (Phi) is 7.11. The highest BCUT2D eigenvalue weighted by Crippen LogP contribution is 2.44. The monoisotopic (exact) mass is 447 g/mol. The van der Waals surface area contributed by atoms with E-state index in [0.717, 1.165) is 28.1 Å². The van der Waals surface area contributed by atoms with E-state index in [1.54, 1.807) is 12.1 Å². The van der Waals surface area contributed by atoms with Gasteiger partial charge in [-0.05, 0) is 55.3 Å². The number of rotatable bonds is 9. The Bertz CT molecular complexity index is 1080. The summed E-state index contributed by atoms with van der Waals surface area (Å²) in [5.74, 6) is 0.528. The van der Waals surface area contributed by atoms with Crippen molar-refractivity contribution in [1.29, 1.82) is 0 Å². The van der Waals surface area contributed by atoms with E-state index in [2.05, 4.69) is 11.9 Å². The average Bonchev–Trinajstić information content (AvgIpc) is 2.81. The van der Waals surface area contributed by atoms with Crippen LogP contribution in [0.3, 0.4) is 0 Å². The molecule has 3 aromatic rings. The van der Waals surface area contributed by atoms with Gasteiger partial charge in [-0.3, -0.25) is 0 Å². The Labute approximate surface area is 195 Å². The summed E-state index contributed by atoms with van der Waals surface area (Å²) >= 11 is 0. The third-order valence-corrected chi connectivity index (χ3v) is 5.70. The summed E-state index contributed by atoms with van der Waals surface area (Å²) in [6.45, 7) is 9.17. The fraction of sp³-hybridized carbons (Fsp3) is 0.286. The van der Waals surface area contributed by atoms with Crippen molar-refractivity contribution in [3.05, 3.63) is 108 Å². The van der Waals surface area contributed by atoms with Crippen LogP contribution in [0.25, 0.3) is 0 Å². The van der Waals surface area contributed by atoms with Gasteiger partial charge < -0.3 is 19.5 Å². The molecular weight excluding hydrogens is 417 g/mol. The zero-order valence-corrected chi connectivity index (χ0v) is 19.1. The van der Waals surface area contributed by atoms with Crippen molar-refractivity contribution in [3.8, 4) is 5.75 Å². The van der Waals surface area contributed by atoms with E-state index in [9.17, 15) is 4.39 Å². The largest absolute Gasteiger partial charge is 0.485 e. The van der Waals surface area contributed by atoms with Crippen LogP contribution in [-0.4, -0.2) is 18.3 Å². The molecule has 0 saturated heterocycles. The number of hydrogen-bond donors (Lipinski definition) is 1. The molecule has 4 rings (SSSR count). The molecular formula is C28H30FNO3. The average molecular weight is 448 g/mol. The minimum Gasteiger partial charge on any atom is -0.485 e. The number of fused-ring (bicyclic) bond motifs is 1. The zero-order valence-electron chi connectivity index (χ0n) is 19.1. The predicted octanol–water partition coefficient (Wildman–Crippen LogP) is 6.44. The van der Waals surface area contributed by atoms with Crippen molar-refractivity contribution in [2.45, 2.75) is 44.8 Å². The maximum atomic E-state index is 13.5. The van der Waals surface area contributed by atoms with Crippen molar-refractivity contribution in [2.24, 2.45) is 0 Å². The Hall–Kier alpha value is -3.15. The summed E-state index contributed by atoms with van der Waals surface area (Å²) in [5, 5.41) is 3.38. The van der Waals surface area contributed by atoms with Crippen LogP contribution >= 0.6 is 0 Å². The molecule has 172 valence electrons. The maximum absolute atomic E-state index is 13.5. The number of ether oxygens (including phenoxy) is 3. The van der Waals surface area contributed by atoms with Crippen molar-refractivity contribution in [3.63, 3.8) is 0 Å². The molecule has 2 unspecified atom stereocenters. The van der Waals surface area contributed by atoms with Gasteiger partial charge in [-0.2, -0.15) is 0 Å². The van der Waals surface area contributed by atoms with Gasteiger partial charge in [-0.15, -0.1) is 6.58 Å². The molecule has 0 aromatic heterocycles. The standard InChI is InChI=1S/C28H30FNO3/c1-4-15-31-27-26(32-19-20-9-6-5-7-10-20)24-17-23(13-14-25(24)33-28(27,2)3)30-18-21-11-8-12-22(29)16-21/h4-14,16-17,26-27,30H,1,15,18-19H2,2-3H3. The van der Waals surface area contributed by atoms with Gasteiger partial charge in [-0.1, -0.05) is 48.5 Å². The van der Waals surface area contributed by atoms with Gasteiger partial charge in [0.25, 0.3) is 0 Å². The molecule has 0 bridgehead atoms. The smallest absolute Gasteiger partial charge is 0.132 e. The van der Waals surface area contributed by atoms with E-state index in [1.807, 2.05) is 68.4 Å². The summed E-state index contributed by atoms with van der Waals surface area (Å²) in [5.41, 5.74) is 3.19. The number of halogens is 1. The van der Waals surface area contributed by atoms with E-state index in [-0.39, 0.29) is 18.0 Å². The Morgan fingerprint density at radius 2 is 1.79 bits per heavy atom. The molecule has 0 aliphatic carbocycles. The molecule has 0 radical (unpaired) electrons. The van der Waals surface area contributed by atoms with Gasteiger partial charge in [-0.25, -0.2) is 4.39 Å². The van der Waals surface area contributed by atoms with Crippen molar-refractivity contribution in [1.82, 2.24) is 0 Å². The first-order valence-electron chi connectivity index (χ1n) is 11.2. The fourth-order valence-corrected chi connectivity index (χ4v) is 4.09. The van der Waals surface area contributed by atoms with Gasteiger partial charge in [0.15, 0.2) is 0 Å². The van der Waals surface area contributed by atoms with Gasteiger partial charge in [0, 0.05) is 17.8 Å². The summed E-state index contributed by atoms with van der Waals surface area (Å²) in [6, 6.07) is 22.6. The SMILES string of the molecule is C=CCOC1C(OCc2ccccc2)c2cc(NCc3cccc(F)c3)ccc2OC1(C)C. The first-order valence-corrected chi connectivity index (χ1v) is 11.2. The molecule has 2 atom stereocenters. The second-order valence-electron chi connectivity index (χ2n) is 8.70. The second-order valence-corrected chi connectivity index (χ2v) is 8.70. The molecule has 3 aromatic carbocycles. The first-order chi connectivity index (χ1) is 16.0. The van der Waals surface area contributed by atoms with Crippen LogP contribution in [0, 0.1) is 5.82 Å². The van der Waals surface area contributed by atoms with Crippen LogP contribution in [0.1, 0.15) is 36.6 Å². The van der Waals surface area contributed by atoms with E-state index < -0.39 is 5.60 Å². The molecule has 1 aliphatic heterocycles. The third-order valence-electron chi connectivity index (χ3n) is 5.70. The van der Waals surface area contributed by atoms with Crippen LogP contribution in [0.5, 0.6) is 5.75 Å². The minimum atomic E-state index is -0.589. The lowest BCUT2D eigenvalue weighted by Crippen LogP contribution is -2.51. The van der Waals surface area contributed by atoms with Crippen LogP contribution in [0.4, 0.5) is 10.1 Å². The van der Waals surface area contributed by atoms with E-state index >= 15 is 0 Å². The maximum Gasteiger partial charge on any atom is 0.132 e. The van der Waals surface area contributed by atoms with Crippen molar-refractivity contribution < 1.29 is 18.6 Å². The first kappa shape index (κ1) is 23.0. The lowest BCUT2D eigenvalue weighted by Gasteiger charge is -2.44.